The number of hydrogen-bond acceptors (Lipinski definition) is 6. The molecule has 2 unspecified atom stereocenters. The van der Waals surface area contributed by atoms with Crippen LogP contribution in [0, 0.1) is 5.41 Å². The standard InChI is InChI=1S/C17H26N6O3/c1-17(15(24)25)5-7-22(10-17)16(26)19-9-12-4-3-6-23(12)14-8-13(18-2)20-11-21-14/h8,11-12H,3-7,9-10H2,1-2H3,(H,19,26)(H,24,25)(H,18,20,21). The number of nitrogens with one attached hydrogen (secondary N) is 2. The molecule has 3 heterocycles. The molecule has 0 aromatic carbocycles. The lowest BCUT2D eigenvalue weighted by molar-refractivity contribution is -0.147. The molecular formula is C17H26N6O3. The van der Waals surface area contributed by atoms with E-state index in [1.807, 2.05) is 13.1 Å². The maximum atomic E-state index is 12.4. The van der Waals surface area contributed by atoms with Gasteiger partial charge in [-0.15, -0.1) is 0 Å². The van der Waals surface area contributed by atoms with Crippen LogP contribution in [-0.2, 0) is 4.79 Å². The Kier molecular flexibility index (Phi) is 5.15. The Balaban J connectivity index is 1.57. The summed E-state index contributed by atoms with van der Waals surface area (Å²) in [5.74, 6) is 0.759. The number of amides is 2. The molecule has 9 nitrogen and oxygen atoms in total. The normalized spacial score (nSPS) is 25.4. The lowest BCUT2D eigenvalue weighted by atomic mass is 9.90. The predicted octanol–water partition coefficient (Wildman–Crippen LogP) is 0.993. The second kappa shape index (κ2) is 7.35. The van der Waals surface area contributed by atoms with Crippen molar-refractivity contribution in [3.8, 4) is 0 Å². The van der Waals surface area contributed by atoms with Gasteiger partial charge in [0.05, 0.1) is 5.41 Å². The van der Waals surface area contributed by atoms with Crippen molar-refractivity contribution in [1.29, 1.82) is 0 Å². The van der Waals surface area contributed by atoms with Gasteiger partial charge in [-0.05, 0) is 26.2 Å². The van der Waals surface area contributed by atoms with Crippen LogP contribution in [-0.4, -0.2) is 71.2 Å². The summed E-state index contributed by atoms with van der Waals surface area (Å²) in [6.07, 6.45) is 4.04. The van der Waals surface area contributed by atoms with Gasteiger partial charge < -0.3 is 25.5 Å². The minimum atomic E-state index is -0.848. The zero-order chi connectivity index (χ0) is 18.7. The van der Waals surface area contributed by atoms with Gasteiger partial charge in [-0.25, -0.2) is 14.8 Å². The van der Waals surface area contributed by atoms with Crippen LogP contribution in [0.25, 0.3) is 0 Å². The summed E-state index contributed by atoms with van der Waals surface area (Å²) in [6, 6.07) is 1.88. The van der Waals surface area contributed by atoms with Gasteiger partial charge >= 0.3 is 12.0 Å². The number of likely N-dealkylation sites (tertiary alicyclic amines) is 1. The first kappa shape index (κ1) is 18.2. The number of rotatable bonds is 5. The number of carbonyl (C=O) groups excluding carboxylic acids is 1. The van der Waals surface area contributed by atoms with Gasteiger partial charge in [0.25, 0.3) is 0 Å². The van der Waals surface area contributed by atoms with E-state index in [0.29, 0.717) is 19.5 Å². The number of carboxylic acid groups (broad SMARTS) is 1. The molecule has 9 heteroatoms. The molecule has 0 radical (unpaired) electrons. The predicted molar refractivity (Wildman–Crippen MR) is 97.3 cm³/mol. The van der Waals surface area contributed by atoms with E-state index in [0.717, 1.165) is 31.0 Å². The van der Waals surface area contributed by atoms with Crippen LogP contribution in [0.2, 0.25) is 0 Å². The highest BCUT2D eigenvalue weighted by molar-refractivity contribution is 5.79. The van der Waals surface area contributed by atoms with E-state index in [2.05, 4.69) is 25.5 Å². The summed E-state index contributed by atoms with van der Waals surface area (Å²) < 4.78 is 0. The summed E-state index contributed by atoms with van der Waals surface area (Å²) >= 11 is 0. The lowest BCUT2D eigenvalue weighted by Crippen LogP contribution is -2.46. The maximum absolute atomic E-state index is 12.4. The van der Waals surface area contributed by atoms with E-state index in [1.54, 1.807) is 11.8 Å². The molecule has 0 bridgehead atoms. The molecule has 0 spiro atoms. The minimum Gasteiger partial charge on any atom is -0.481 e. The number of nitrogens with zero attached hydrogens (tertiary/aromatic N) is 4. The summed E-state index contributed by atoms with van der Waals surface area (Å²) in [6.45, 7) is 3.82. The molecule has 2 saturated heterocycles. The first-order valence-corrected chi connectivity index (χ1v) is 8.95. The Morgan fingerprint density at radius 2 is 2.19 bits per heavy atom. The molecular weight excluding hydrogens is 336 g/mol. The van der Waals surface area contributed by atoms with Gasteiger partial charge in [-0.1, -0.05) is 0 Å². The molecule has 1 aromatic heterocycles. The van der Waals surface area contributed by atoms with E-state index < -0.39 is 11.4 Å². The van der Waals surface area contributed by atoms with Crippen molar-refractivity contribution >= 4 is 23.6 Å². The molecule has 142 valence electrons. The number of carboxylic acids is 1. The van der Waals surface area contributed by atoms with Crippen LogP contribution < -0.4 is 15.5 Å². The largest absolute Gasteiger partial charge is 0.481 e. The molecule has 2 atom stereocenters. The second-order valence-corrected chi connectivity index (χ2v) is 7.22. The number of aliphatic carboxylic acids is 1. The Morgan fingerprint density at radius 1 is 1.38 bits per heavy atom. The van der Waals surface area contributed by atoms with Crippen molar-refractivity contribution in [3.63, 3.8) is 0 Å². The Labute approximate surface area is 152 Å². The molecule has 1 aromatic rings. The molecule has 2 aliphatic rings. The molecule has 26 heavy (non-hydrogen) atoms. The maximum Gasteiger partial charge on any atom is 0.317 e. The average molecular weight is 362 g/mol. The van der Waals surface area contributed by atoms with Gasteiger partial charge in [0.1, 0.15) is 18.0 Å². The molecule has 2 aliphatic heterocycles. The fraction of sp³-hybridized carbons (Fsp3) is 0.647. The summed E-state index contributed by atoms with van der Waals surface area (Å²) in [4.78, 5) is 36.0. The highest BCUT2D eigenvalue weighted by Crippen LogP contribution is 2.30. The SMILES string of the molecule is CNc1cc(N2CCCC2CNC(=O)N2CCC(C)(C(=O)O)C2)ncn1. The Hall–Kier alpha value is -2.58. The van der Waals surface area contributed by atoms with Crippen LogP contribution in [0.5, 0.6) is 0 Å². The van der Waals surface area contributed by atoms with E-state index in [4.69, 9.17) is 0 Å². The van der Waals surface area contributed by atoms with Crippen LogP contribution >= 0.6 is 0 Å². The molecule has 0 saturated carbocycles. The van der Waals surface area contributed by atoms with Crippen LogP contribution in [0.3, 0.4) is 0 Å². The third-order valence-electron chi connectivity index (χ3n) is 5.35. The van der Waals surface area contributed by atoms with Crippen molar-refractivity contribution in [3.05, 3.63) is 12.4 Å². The van der Waals surface area contributed by atoms with Gasteiger partial charge in [-0.3, -0.25) is 4.79 Å². The molecule has 0 aliphatic carbocycles. The summed E-state index contributed by atoms with van der Waals surface area (Å²) in [7, 11) is 1.81. The third kappa shape index (κ3) is 3.66. The number of anilines is 2. The monoisotopic (exact) mass is 362 g/mol. The van der Waals surface area contributed by atoms with E-state index in [9.17, 15) is 14.7 Å². The first-order valence-electron chi connectivity index (χ1n) is 8.95. The van der Waals surface area contributed by atoms with Gasteiger partial charge in [0.2, 0.25) is 0 Å². The van der Waals surface area contributed by atoms with E-state index in [-0.39, 0.29) is 18.6 Å². The van der Waals surface area contributed by atoms with Crippen molar-refractivity contribution in [2.45, 2.75) is 32.2 Å². The topological polar surface area (TPSA) is 111 Å². The minimum absolute atomic E-state index is 0.173. The smallest absolute Gasteiger partial charge is 0.317 e. The quantitative estimate of drug-likeness (QED) is 0.716. The average Bonchev–Trinajstić information content (AvgIpc) is 3.27. The van der Waals surface area contributed by atoms with E-state index in [1.165, 1.54) is 6.33 Å². The molecule has 3 rings (SSSR count). The summed E-state index contributed by atoms with van der Waals surface area (Å²) in [5.41, 5.74) is -0.846. The molecule has 2 fully saturated rings. The van der Waals surface area contributed by atoms with Gasteiger partial charge in [-0.2, -0.15) is 0 Å². The van der Waals surface area contributed by atoms with Crippen molar-refractivity contribution in [1.82, 2.24) is 20.2 Å². The van der Waals surface area contributed by atoms with Crippen LogP contribution in [0.15, 0.2) is 12.4 Å². The van der Waals surface area contributed by atoms with Crippen molar-refractivity contribution in [2.75, 3.05) is 43.4 Å². The van der Waals surface area contributed by atoms with Crippen LogP contribution in [0.4, 0.5) is 16.4 Å². The van der Waals surface area contributed by atoms with Crippen LogP contribution in [0.1, 0.15) is 26.2 Å². The number of aromatic nitrogens is 2. The Morgan fingerprint density at radius 3 is 2.88 bits per heavy atom. The second-order valence-electron chi connectivity index (χ2n) is 7.22. The zero-order valence-electron chi connectivity index (χ0n) is 15.2. The number of urea groups is 1. The van der Waals surface area contributed by atoms with Crippen molar-refractivity contribution in [2.24, 2.45) is 5.41 Å². The Bertz CT molecular complexity index is 684. The fourth-order valence-corrected chi connectivity index (χ4v) is 3.62. The van der Waals surface area contributed by atoms with Crippen molar-refractivity contribution < 1.29 is 14.7 Å². The fourth-order valence-electron chi connectivity index (χ4n) is 3.62. The third-order valence-corrected chi connectivity index (χ3v) is 5.35. The number of carbonyl (C=O) groups is 2. The highest BCUT2D eigenvalue weighted by atomic mass is 16.4. The first-order chi connectivity index (χ1) is 12.4. The summed E-state index contributed by atoms with van der Waals surface area (Å²) in [5, 5.41) is 15.3. The number of hydrogen-bond donors (Lipinski definition) is 3. The highest BCUT2D eigenvalue weighted by Gasteiger charge is 2.42. The van der Waals surface area contributed by atoms with Gasteiger partial charge in [0, 0.05) is 45.3 Å². The van der Waals surface area contributed by atoms with E-state index >= 15 is 0 Å². The zero-order valence-corrected chi connectivity index (χ0v) is 15.2. The molecule has 3 N–H and O–H groups in total. The van der Waals surface area contributed by atoms with Gasteiger partial charge in [0.15, 0.2) is 0 Å². The lowest BCUT2D eigenvalue weighted by Gasteiger charge is -2.27. The molecule has 2 amide bonds.